The molecule has 1 aromatic carbocycles. The minimum Gasteiger partial charge on any atom is -0.493 e. The van der Waals surface area contributed by atoms with Crippen LogP contribution in [0.4, 0.5) is 0 Å². The zero-order valence-corrected chi connectivity index (χ0v) is 17.8. The Labute approximate surface area is 176 Å². The van der Waals surface area contributed by atoms with E-state index in [0.717, 1.165) is 23.3 Å². The van der Waals surface area contributed by atoms with Crippen LogP contribution in [0.3, 0.4) is 0 Å². The van der Waals surface area contributed by atoms with Crippen molar-refractivity contribution in [3.63, 3.8) is 0 Å². The van der Waals surface area contributed by atoms with E-state index in [4.69, 9.17) is 13.9 Å². The molecule has 0 spiro atoms. The van der Waals surface area contributed by atoms with E-state index >= 15 is 0 Å². The van der Waals surface area contributed by atoms with Crippen molar-refractivity contribution in [2.24, 2.45) is 0 Å². The Morgan fingerprint density at radius 3 is 2.77 bits per heavy atom. The maximum atomic E-state index is 12.4. The Kier molecular flexibility index (Phi) is 7.01. The van der Waals surface area contributed by atoms with Crippen molar-refractivity contribution in [1.29, 1.82) is 0 Å². The van der Waals surface area contributed by atoms with Gasteiger partial charge in [0, 0.05) is 31.0 Å². The Morgan fingerprint density at radius 1 is 1.23 bits per heavy atom. The summed E-state index contributed by atoms with van der Waals surface area (Å²) in [6, 6.07) is 9.24. The molecule has 156 valence electrons. The lowest BCUT2D eigenvalue weighted by Crippen LogP contribution is -2.06. The summed E-state index contributed by atoms with van der Waals surface area (Å²) in [5.41, 5.74) is 2.87. The predicted octanol–water partition coefficient (Wildman–Crippen LogP) is 5.56. The minimum absolute atomic E-state index is 0.00349. The fourth-order valence-corrected chi connectivity index (χ4v) is 3.06. The number of aromatic nitrogens is 2. The highest BCUT2D eigenvalue weighted by molar-refractivity contribution is 5.95. The molecule has 0 amide bonds. The van der Waals surface area contributed by atoms with E-state index in [2.05, 4.69) is 9.97 Å². The van der Waals surface area contributed by atoms with E-state index in [-0.39, 0.29) is 5.78 Å². The van der Waals surface area contributed by atoms with Crippen molar-refractivity contribution in [1.82, 2.24) is 9.97 Å². The Hall–Kier alpha value is -3.41. The van der Waals surface area contributed by atoms with Crippen molar-refractivity contribution in [2.75, 3.05) is 7.11 Å². The molecule has 2 aromatic heterocycles. The summed E-state index contributed by atoms with van der Waals surface area (Å²) in [7, 11) is 1.60. The van der Waals surface area contributed by atoms with E-state index < -0.39 is 0 Å². The zero-order chi connectivity index (χ0) is 21.5. The number of rotatable bonds is 9. The summed E-state index contributed by atoms with van der Waals surface area (Å²) in [4.78, 5) is 21.2. The van der Waals surface area contributed by atoms with Crippen LogP contribution in [0, 0.1) is 6.92 Å². The third-order valence-electron chi connectivity index (χ3n) is 4.76. The van der Waals surface area contributed by atoms with Crippen molar-refractivity contribution >= 4 is 5.78 Å². The van der Waals surface area contributed by atoms with Gasteiger partial charge in [0.1, 0.15) is 12.0 Å². The highest BCUT2D eigenvalue weighted by Gasteiger charge is 2.15. The van der Waals surface area contributed by atoms with Gasteiger partial charge in [-0.05, 0) is 49.8 Å². The maximum absolute atomic E-state index is 12.4. The molecule has 30 heavy (non-hydrogen) atoms. The number of nitrogens with zero attached hydrogens (tertiary/aromatic N) is 2. The van der Waals surface area contributed by atoms with Gasteiger partial charge in [-0.3, -0.25) is 9.78 Å². The molecule has 0 fully saturated rings. The number of hydrogen-bond acceptors (Lipinski definition) is 6. The number of oxazole rings is 1. The third-order valence-corrected chi connectivity index (χ3v) is 4.76. The second-order valence-corrected chi connectivity index (χ2v) is 6.81. The number of aryl methyl sites for hydroxylation is 2. The molecule has 0 atom stereocenters. The second kappa shape index (κ2) is 9.87. The SMILES string of the molecule is CC=C(CC)Oc1cc(-c2nc(CCC(=O)c3ncccc3C)co2)ccc1OC. The van der Waals surface area contributed by atoms with Gasteiger partial charge in [-0.2, -0.15) is 0 Å². The van der Waals surface area contributed by atoms with Crippen LogP contribution in [0.2, 0.25) is 0 Å². The summed E-state index contributed by atoms with van der Waals surface area (Å²) in [5, 5.41) is 0. The van der Waals surface area contributed by atoms with Crippen molar-refractivity contribution in [2.45, 2.75) is 40.0 Å². The minimum atomic E-state index is -0.00349. The quantitative estimate of drug-likeness (QED) is 0.342. The van der Waals surface area contributed by atoms with Crippen LogP contribution in [0.1, 0.15) is 48.4 Å². The van der Waals surface area contributed by atoms with Gasteiger partial charge in [0.05, 0.1) is 18.6 Å². The molecule has 0 N–H and O–H groups in total. The van der Waals surface area contributed by atoms with E-state index in [1.807, 2.05) is 57.2 Å². The van der Waals surface area contributed by atoms with Crippen LogP contribution in [0.15, 0.2) is 59.0 Å². The summed E-state index contributed by atoms with van der Waals surface area (Å²) in [5.74, 6) is 2.55. The predicted molar refractivity (Wildman–Crippen MR) is 115 cm³/mol. The fraction of sp³-hybridized carbons (Fsp3) is 0.292. The lowest BCUT2D eigenvalue weighted by atomic mass is 10.1. The average molecular weight is 406 g/mol. The highest BCUT2D eigenvalue weighted by Crippen LogP contribution is 2.34. The Balaban J connectivity index is 1.74. The van der Waals surface area contributed by atoms with Crippen molar-refractivity contribution < 1.29 is 18.7 Å². The van der Waals surface area contributed by atoms with Crippen molar-refractivity contribution in [3.05, 3.63) is 71.6 Å². The molecule has 0 saturated carbocycles. The molecular weight excluding hydrogens is 380 g/mol. The van der Waals surface area contributed by atoms with Gasteiger partial charge in [0.2, 0.25) is 5.89 Å². The molecule has 0 saturated heterocycles. The van der Waals surface area contributed by atoms with Gasteiger partial charge in [-0.1, -0.05) is 13.0 Å². The van der Waals surface area contributed by atoms with Gasteiger partial charge in [0.15, 0.2) is 17.3 Å². The van der Waals surface area contributed by atoms with Crippen LogP contribution >= 0.6 is 0 Å². The topological polar surface area (TPSA) is 74.5 Å². The molecule has 6 heteroatoms. The molecule has 3 rings (SSSR count). The van der Waals surface area contributed by atoms with Gasteiger partial charge in [-0.15, -0.1) is 0 Å². The number of carbonyl (C=O) groups is 1. The van der Waals surface area contributed by atoms with E-state index in [0.29, 0.717) is 41.6 Å². The summed E-state index contributed by atoms with van der Waals surface area (Å²) in [6.45, 7) is 5.85. The van der Waals surface area contributed by atoms with Crippen LogP contribution in [0.25, 0.3) is 11.5 Å². The summed E-state index contributed by atoms with van der Waals surface area (Å²) in [6.07, 6.45) is 6.72. The lowest BCUT2D eigenvalue weighted by molar-refractivity contribution is 0.0977. The van der Waals surface area contributed by atoms with Gasteiger partial charge >= 0.3 is 0 Å². The fourth-order valence-electron chi connectivity index (χ4n) is 3.06. The first-order valence-electron chi connectivity index (χ1n) is 9.96. The second-order valence-electron chi connectivity index (χ2n) is 6.81. The largest absolute Gasteiger partial charge is 0.493 e. The number of allylic oxidation sites excluding steroid dienone is 2. The number of benzene rings is 1. The number of hydrogen-bond donors (Lipinski definition) is 0. The third kappa shape index (κ3) is 4.95. The molecule has 0 bridgehead atoms. The van der Waals surface area contributed by atoms with Gasteiger partial charge in [-0.25, -0.2) is 4.98 Å². The molecule has 0 aliphatic carbocycles. The summed E-state index contributed by atoms with van der Waals surface area (Å²) >= 11 is 0. The Morgan fingerprint density at radius 2 is 2.07 bits per heavy atom. The number of Topliss-reactive ketones (excluding diaryl/α,β-unsaturated/α-hetero) is 1. The summed E-state index contributed by atoms with van der Waals surface area (Å²) < 4.78 is 17.0. The Bertz CT molecular complexity index is 1050. The lowest BCUT2D eigenvalue weighted by Gasteiger charge is -2.12. The molecule has 3 aromatic rings. The number of ketones is 1. The van der Waals surface area contributed by atoms with Crippen LogP contribution < -0.4 is 9.47 Å². The number of pyridine rings is 1. The molecule has 0 radical (unpaired) electrons. The molecule has 6 nitrogen and oxygen atoms in total. The molecule has 0 aliphatic heterocycles. The molecular formula is C24H26N2O4. The van der Waals surface area contributed by atoms with E-state index in [9.17, 15) is 4.79 Å². The molecule has 0 unspecified atom stereocenters. The molecule has 2 heterocycles. The first-order chi connectivity index (χ1) is 14.5. The van der Waals surface area contributed by atoms with Crippen LogP contribution in [0.5, 0.6) is 11.5 Å². The molecule has 0 aliphatic rings. The normalized spacial score (nSPS) is 11.4. The number of ether oxygens (including phenoxy) is 2. The van der Waals surface area contributed by atoms with Gasteiger partial charge in [0.25, 0.3) is 0 Å². The first kappa shape index (κ1) is 21.3. The standard InChI is InChI=1S/C24H26N2O4/c1-5-19(6-2)30-22-14-17(9-12-21(22)28-4)24-26-18(15-29-24)10-11-20(27)23-16(3)8-7-13-25-23/h5,7-9,12-15H,6,10-11H2,1-4H3. The van der Waals surface area contributed by atoms with Crippen LogP contribution in [-0.4, -0.2) is 22.9 Å². The zero-order valence-electron chi connectivity index (χ0n) is 17.8. The van der Waals surface area contributed by atoms with Crippen LogP contribution in [-0.2, 0) is 6.42 Å². The first-order valence-corrected chi connectivity index (χ1v) is 9.96. The van der Waals surface area contributed by atoms with Gasteiger partial charge < -0.3 is 13.9 Å². The van der Waals surface area contributed by atoms with E-state index in [1.54, 1.807) is 19.6 Å². The average Bonchev–Trinajstić information content (AvgIpc) is 3.25. The smallest absolute Gasteiger partial charge is 0.226 e. The number of carbonyl (C=O) groups excluding carboxylic acids is 1. The monoisotopic (exact) mass is 406 g/mol. The maximum Gasteiger partial charge on any atom is 0.226 e. The highest BCUT2D eigenvalue weighted by atomic mass is 16.5. The van der Waals surface area contributed by atoms with Crippen molar-refractivity contribution in [3.8, 4) is 23.0 Å². The number of methoxy groups -OCH3 is 1. The van der Waals surface area contributed by atoms with E-state index in [1.165, 1.54) is 0 Å².